The maximum Gasteiger partial charge on any atom is 0.361 e. The van der Waals surface area contributed by atoms with Gasteiger partial charge in [-0.3, -0.25) is 10.1 Å². The van der Waals surface area contributed by atoms with Crippen LogP contribution in [0.3, 0.4) is 0 Å². The van der Waals surface area contributed by atoms with Crippen molar-refractivity contribution in [3.05, 3.63) is 39.8 Å². The summed E-state index contributed by atoms with van der Waals surface area (Å²) in [5, 5.41) is 20.1. The zero-order chi connectivity index (χ0) is 14.7. The first kappa shape index (κ1) is 13.6. The Balaban J connectivity index is 2.43. The average Bonchev–Trinajstić information content (AvgIpc) is 2.87. The lowest BCUT2D eigenvalue weighted by Gasteiger charge is -2.01. The molecular formula is C11H9FN4O4. The molecule has 0 aliphatic carbocycles. The normalized spacial score (nSPS) is 10.3. The maximum atomic E-state index is 13.6. The van der Waals surface area contributed by atoms with Crippen molar-refractivity contribution in [1.29, 1.82) is 0 Å². The van der Waals surface area contributed by atoms with Crippen molar-refractivity contribution >= 4 is 11.7 Å². The summed E-state index contributed by atoms with van der Waals surface area (Å²) >= 11 is 0. The molecule has 2 aromatic rings. The molecule has 0 amide bonds. The molecule has 0 saturated carbocycles. The second-order valence-electron chi connectivity index (χ2n) is 3.66. The predicted octanol–water partition coefficient (Wildman–Crippen LogP) is 1.70. The number of nitro benzene ring substituents is 1. The number of nitrogens with zero attached hydrogens (tertiary/aromatic N) is 3. The van der Waals surface area contributed by atoms with E-state index in [1.807, 2.05) is 0 Å². The van der Waals surface area contributed by atoms with Gasteiger partial charge in [0, 0.05) is 11.6 Å². The lowest BCUT2D eigenvalue weighted by molar-refractivity contribution is -0.387. The number of carbonyl (C=O) groups excluding carboxylic acids is 1. The summed E-state index contributed by atoms with van der Waals surface area (Å²) in [4.78, 5) is 21.3. The van der Waals surface area contributed by atoms with Crippen molar-refractivity contribution in [2.75, 3.05) is 6.61 Å². The largest absolute Gasteiger partial charge is 0.461 e. The van der Waals surface area contributed by atoms with Gasteiger partial charge in [-0.25, -0.2) is 4.79 Å². The molecule has 0 radical (unpaired) electrons. The molecule has 20 heavy (non-hydrogen) atoms. The minimum Gasteiger partial charge on any atom is -0.461 e. The van der Waals surface area contributed by atoms with E-state index in [0.717, 1.165) is 12.1 Å². The average molecular weight is 280 g/mol. The Morgan fingerprint density at radius 3 is 2.85 bits per heavy atom. The summed E-state index contributed by atoms with van der Waals surface area (Å²) in [6, 6.07) is 3.19. The van der Waals surface area contributed by atoms with Gasteiger partial charge in [0.2, 0.25) is 5.82 Å². The van der Waals surface area contributed by atoms with Crippen LogP contribution in [0.5, 0.6) is 0 Å². The molecule has 0 saturated heterocycles. The molecule has 0 atom stereocenters. The Hall–Kier alpha value is -2.84. The van der Waals surface area contributed by atoms with Gasteiger partial charge in [0.05, 0.1) is 11.5 Å². The molecule has 0 aliphatic rings. The second-order valence-corrected chi connectivity index (χ2v) is 3.66. The van der Waals surface area contributed by atoms with Crippen molar-refractivity contribution in [3.8, 4) is 11.3 Å². The van der Waals surface area contributed by atoms with E-state index in [2.05, 4.69) is 15.4 Å². The fourth-order valence-corrected chi connectivity index (χ4v) is 1.58. The van der Waals surface area contributed by atoms with E-state index in [4.69, 9.17) is 4.74 Å². The number of esters is 1. The van der Waals surface area contributed by atoms with Crippen LogP contribution in [0.25, 0.3) is 11.3 Å². The van der Waals surface area contributed by atoms with Crippen LogP contribution in [0, 0.1) is 15.9 Å². The Bertz CT molecular complexity index is 670. The summed E-state index contributed by atoms with van der Waals surface area (Å²) in [7, 11) is 0. The van der Waals surface area contributed by atoms with Crippen LogP contribution in [0.4, 0.5) is 10.1 Å². The standard InChI is InChI=1S/C11H9FN4O4/c1-2-20-11(17)10-9(13-15-14-10)6-3-4-8(16(18)19)7(12)5-6/h3-5H,2H2,1H3,(H,13,14,15). The molecule has 1 aromatic carbocycles. The number of halogens is 1. The van der Waals surface area contributed by atoms with Crippen LogP contribution in [0.1, 0.15) is 17.4 Å². The molecule has 0 bridgehead atoms. The molecule has 9 heteroatoms. The minimum atomic E-state index is -1.02. The first-order chi connectivity index (χ1) is 9.54. The number of aromatic amines is 1. The highest BCUT2D eigenvalue weighted by atomic mass is 19.1. The number of hydrogen-bond acceptors (Lipinski definition) is 6. The number of nitro groups is 1. The minimum absolute atomic E-state index is 0.0669. The number of ether oxygens (including phenoxy) is 1. The Labute approximate surface area is 111 Å². The number of rotatable bonds is 4. The number of benzene rings is 1. The van der Waals surface area contributed by atoms with E-state index in [-0.39, 0.29) is 23.6 Å². The van der Waals surface area contributed by atoms with Gasteiger partial charge in [-0.2, -0.15) is 14.7 Å². The summed E-state index contributed by atoms with van der Waals surface area (Å²) in [5.41, 5.74) is -0.516. The summed E-state index contributed by atoms with van der Waals surface area (Å²) in [6.45, 7) is 1.78. The van der Waals surface area contributed by atoms with Crippen molar-refractivity contribution in [3.63, 3.8) is 0 Å². The van der Waals surface area contributed by atoms with Gasteiger partial charge >= 0.3 is 11.7 Å². The first-order valence-electron chi connectivity index (χ1n) is 5.56. The van der Waals surface area contributed by atoms with E-state index >= 15 is 0 Å². The van der Waals surface area contributed by atoms with E-state index in [0.29, 0.717) is 0 Å². The number of aromatic nitrogens is 3. The van der Waals surface area contributed by atoms with Crippen LogP contribution in [-0.4, -0.2) is 32.9 Å². The number of nitrogens with one attached hydrogen (secondary N) is 1. The molecule has 0 unspecified atom stereocenters. The zero-order valence-corrected chi connectivity index (χ0v) is 10.3. The quantitative estimate of drug-likeness (QED) is 0.518. The van der Waals surface area contributed by atoms with Gasteiger partial charge in [-0.15, -0.1) is 5.10 Å². The molecule has 1 N–H and O–H groups in total. The van der Waals surface area contributed by atoms with E-state index in [1.54, 1.807) is 6.92 Å². The monoisotopic (exact) mass is 280 g/mol. The third-order valence-electron chi connectivity index (χ3n) is 2.43. The van der Waals surface area contributed by atoms with Crippen LogP contribution in [-0.2, 0) is 4.74 Å². The molecule has 8 nitrogen and oxygen atoms in total. The Morgan fingerprint density at radius 1 is 1.50 bits per heavy atom. The molecule has 0 fully saturated rings. The van der Waals surface area contributed by atoms with Crippen LogP contribution in [0.2, 0.25) is 0 Å². The number of hydrogen-bond donors (Lipinski definition) is 1. The SMILES string of the molecule is CCOC(=O)c1n[nH]nc1-c1ccc([N+](=O)[O-])c(F)c1. The summed E-state index contributed by atoms with van der Waals surface area (Å²) in [6.07, 6.45) is 0. The maximum absolute atomic E-state index is 13.6. The van der Waals surface area contributed by atoms with Gasteiger partial charge in [0.15, 0.2) is 5.69 Å². The topological polar surface area (TPSA) is 111 Å². The fourth-order valence-electron chi connectivity index (χ4n) is 1.58. The van der Waals surface area contributed by atoms with E-state index in [9.17, 15) is 19.3 Å². The molecule has 104 valence electrons. The lowest BCUT2D eigenvalue weighted by Crippen LogP contribution is -2.07. The highest BCUT2D eigenvalue weighted by Crippen LogP contribution is 2.25. The van der Waals surface area contributed by atoms with Gasteiger partial charge < -0.3 is 4.74 Å². The molecule has 0 aliphatic heterocycles. The Kier molecular flexibility index (Phi) is 3.69. The van der Waals surface area contributed by atoms with Crippen molar-refractivity contribution in [2.24, 2.45) is 0 Å². The van der Waals surface area contributed by atoms with E-state index < -0.39 is 22.4 Å². The fraction of sp³-hybridized carbons (Fsp3) is 0.182. The first-order valence-corrected chi connectivity index (χ1v) is 5.56. The molecule has 2 rings (SSSR count). The van der Waals surface area contributed by atoms with Gasteiger partial charge in [-0.05, 0) is 19.1 Å². The van der Waals surface area contributed by atoms with Crippen LogP contribution < -0.4 is 0 Å². The van der Waals surface area contributed by atoms with Crippen molar-refractivity contribution in [2.45, 2.75) is 6.92 Å². The zero-order valence-electron chi connectivity index (χ0n) is 10.3. The summed E-state index contributed by atoms with van der Waals surface area (Å²) < 4.78 is 18.3. The van der Waals surface area contributed by atoms with Crippen LogP contribution >= 0.6 is 0 Å². The van der Waals surface area contributed by atoms with Crippen molar-refractivity contribution in [1.82, 2.24) is 15.4 Å². The van der Waals surface area contributed by atoms with Gasteiger partial charge in [0.1, 0.15) is 5.69 Å². The molecule has 1 aromatic heterocycles. The molecular weight excluding hydrogens is 271 g/mol. The molecule has 1 heterocycles. The molecule has 0 spiro atoms. The smallest absolute Gasteiger partial charge is 0.361 e. The lowest BCUT2D eigenvalue weighted by atomic mass is 10.1. The number of carbonyl (C=O) groups is 1. The van der Waals surface area contributed by atoms with Crippen LogP contribution in [0.15, 0.2) is 18.2 Å². The van der Waals surface area contributed by atoms with Gasteiger partial charge in [0.25, 0.3) is 0 Å². The third kappa shape index (κ3) is 2.46. The predicted molar refractivity (Wildman–Crippen MR) is 64.4 cm³/mol. The summed E-state index contributed by atoms with van der Waals surface area (Å²) in [5.74, 6) is -1.74. The van der Waals surface area contributed by atoms with Crippen molar-refractivity contribution < 1.29 is 18.8 Å². The highest BCUT2D eigenvalue weighted by molar-refractivity contribution is 5.93. The number of H-pyrrole nitrogens is 1. The van der Waals surface area contributed by atoms with Gasteiger partial charge in [-0.1, -0.05) is 0 Å². The van der Waals surface area contributed by atoms with E-state index in [1.165, 1.54) is 6.07 Å². The second kappa shape index (κ2) is 5.43. The highest BCUT2D eigenvalue weighted by Gasteiger charge is 2.21. The Morgan fingerprint density at radius 2 is 2.25 bits per heavy atom. The third-order valence-corrected chi connectivity index (χ3v) is 2.43.